The molecular weight excluding hydrogens is 204 g/mol. The maximum Gasteiger partial charge on any atom is 0.180 e. The van der Waals surface area contributed by atoms with Gasteiger partial charge in [-0.1, -0.05) is 34.8 Å². The lowest BCUT2D eigenvalue weighted by Gasteiger charge is -1.90. The van der Waals surface area contributed by atoms with E-state index in [1.54, 1.807) is 0 Å². The summed E-state index contributed by atoms with van der Waals surface area (Å²) in [6, 6.07) is 0. The second-order valence-corrected chi connectivity index (χ2v) is 3.57. The van der Waals surface area contributed by atoms with Gasteiger partial charge in [0.2, 0.25) is 0 Å². The Kier molecular flexibility index (Phi) is 21.9. The molecule has 0 spiro atoms. The van der Waals surface area contributed by atoms with Crippen LogP contribution in [0.25, 0.3) is 0 Å². The zero-order chi connectivity index (χ0) is 7.15. The lowest BCUT2D eigenvalue weighted by atomic mass is 11.0. The smallest absolute Gasteiger partial charge is 0.180 e. The summed E-state index contributed by atoms with van der Waals surface area (Å²) in [6.45, 7) is 0. The van der Waals surface area contributed by atoms with Gasteiger partial charge in [0, 0.05) is 0 Å². The first-order valence-corrected chi connectivity index (χ1v) is 3.31. The summed E-state index contributed by atoms with van der Waals surface area (Å²) in [7, 11) is 6.00. The lowest BCUT2D eigenvalue weighted by Crippen LogP contribution is -1.99. The Morgan fingerprint density at radius 3 is 1.00 bits per heavy atom. The molecule has 0 amide bonds. The molecule has 0 aromatic rings. The van der Waals surface area contributed by atoms with Crippen LogP contribution in [0.3, 0.4) is 0 Å². The van der Waals surface area contributed by atoms with Gasteiger partial charge in [-0.2, -0.15) is 0 Å². The van der Waals surface area contributed by atoms with Crippen molar-refractivity contribution in [1.82, 2.24) is 4.90 Å². The van der Waals surface area contributed by atoms with E-state index < -0.39 is 4.30 Å². The van der Waals surface area contributed by atoms with Gasteiger partial charge >= 0.3 is 0 Å². The summed E-state index contributed by atoms with van der Waals surface area (Å²) in [5, 5.41) is 0. The van der Waals surface area contributed by atoms with Crippen molar-refractivity contribution < 1.29 is 0 Å². The summed E-state index contributed by atoms with van der Waals surface area (Å²) >= 11 is 14.4. The molecule has 9 heavy (non-hydrogen) atoms. The minimum absolute atomic E-state index is 0. The molecule has 0 bridgehead atoms. The minimum Gasteiger partial charge on any atom is -0.312 e. The molecule has 0 N–H and O–H groups in total. The molecule has 0 heterocycles. The summed E-state index contributed by atoms with van der Waals surface area (Å²) < 4.78 is -0.750. The lowest BCUT2D eigenvalue weighted by molar-refractivity contribution is 0.505. The van der Waals surface area contributed by atoms with Gasteiger partial charge in [0.1, 0.15) is 0 Å². The molecule has 0 fully saturated rings. The van der Waals surface area contributed by atoms with E-state index in [4.69, 9.17) is 34.8 Å². The average Bonchev–Trinajstić information content (AvgIpc) is 1.25. The van der Waals surface area contributed by atoms with Crippen LogP contribution in [0.5, 0.6) is 0 Å². The summed E-state index contributed by atoms with van der Waals surface area (Å²) in [5.41, 5.74) is 0. The van der Waals surface area contributed by atoms with E-state index in [1.165, 1.54) is 0 Å². The Morgan fingerprint density at radius 1 is 1.00 bits per heavy atom. The van der Waals surface area contributed by atoms with Crippen LogP contribution in [0.1, 0.15) is 0 Å². The van der Waals surface area contributed by atoms with E-state index in [2.05, 4.69) is 0 Å². The Hall–Kier alpha value is 1.12. The number of halogens is 4. The topological polar surface area (TPSA) is 3.24 Å². The second-order valence-electron chi connectivity index (χ2n) is 1.59. The zero-order valence-electron chi connectivity index (χ0n) is 5.57. The fraction of sp³-hybridized carbons (Fsp3) is 1.00. The number of hydrogen-bond acceptors (Lipinski definition) is 1. The van der Waals surface area contributed by atoms with Crippen molar-refractivity contribution in [2.24, 2.45) is 0 Å². The van der Waals surface area contributed by atoms with Crippen LogP contribution in [0.15, 0.2) is 0 Å². The average molecular weight is 215 g/mol. The van der Waals surface area contributed by atoms with Crippen LogP contribution in [-0.2, 0) is 0 Å². The largest absolute Gasteiger partial charge is 0.312 e. The first kappa shape index (κ1) is 16.6. The molecule has 0 saturated carbocycles. The predicted molar refractivity (Wildman–Crippen MR) is 48.2 cm³/mol. The van der Waals surface area contributed by atoms with E-state index in [0.29, 0.717) is 0 Å². The van der Waals surface area contributed by atoms with Gasteiger partial charge < -0.3 is 4.90 Å². The van der Waals surface area contributed by atoms with Crippen LogP contribution in [0, 0.1) is 0 Å². The quantitative estimate of drug-likeness (QED) is 0.561. The molecule has 0 aliphatic carbocycles. The normalized spacial score (nSPS) is 8.00. The van der Waals surface area contributed by atoms with Crippen molar-refractivity contribution in [2.45, 2.75) is 4.30 Å². The molecule has 60 valence electrons. The Balaban J connectivity index is -0.0000000720. The van der Waals surface area contributed by atoms with Crippen LogP contribution in [-0.4, -0.2) is 30.3 Å². The molecule has 1 nitrogen and oxygen atoms in total. The molecular formula is C4H11Cl4N. The molecule has 0 radical (unpaired) electrons. The van der Waals surface area contributed by atoms with Gasteiger partial charge in [-0.15, -0.1) is 12.4 Å². The van der Waals surface area contributed by atoms with Crippen molar-refractivity contribution in [3.8, 4) is 0 Å². The van der Waals surface area contributed by atoms with E-state index in [9.17, 15) is 0 Å². The van der Waals surface area contributed by atoms with Gasteiger partial charge in [-0.3, -0.25) is 0 Å². The highest BCUT2D eigenvalue weighted by atomic mass is 35.6. The molecule has 0 aromatic heterocycles. The van der Waals surface area contributed by atoms with Crippen molar-refractivity contribution in [3.63, 3.8) is 0 Å². The van der Waals surface area contributed by atoms with E-state index in [-0.39, 0.29) is 12.4 Å². The van der Waals surface area contributed by atoms with Crippen LogP contribution in [0.2, 0.25) is 0 Å². The van der Waals surface area contributed by atoms with Gasteiger partial charge in [-0.05, 0) is 21.1 Å². The fourth-order valence-corrected chi connectivity index (χ4v) is 0. The molecule has 0 saturated heterocycles. The monoisotopic (exact) mass is 213 g/mol. The first-order chi connectivity index (χ1) is 3.46. The van der Waals surface area contributed by atoms with E-state index in [1.807, 2.05) is 26.0 Å². The highest BCUT2D eigenvalue weighted by Gasteiger charge is 1.78. The standard InChI is InChI=1S/C3H9N.CHCl3.ClH/c1-4(2)3;2-1(3)4;/h1-3H3;1H;1H. The zero-order valence-corrected chi connectivity index (χ0v) is 8.65. The van der Waals surface area contributed by atoms with Gasteiger partial charge in [-0.25, -0.2) is 0 Å². The molecule has 0 rings (SSSR count). The van der Waals surface area contributed by atoms with Crippen molar-refractivity contribution in [2.75, 3.05) is 21.1 Å². The van der Waals surface area contributed by atoms with Crippen molar-refractivity contribution >= 4 is 47.2 Å². The third-order valence-corrected chi connectivity index (χ3v) is 0. The molecule has 0 atom stereocenters. The molecule has 0 aliphatic heterocycles. The Bertz CT molecular complexity index is 28.0. The summed E-state index contributed by atoms with van der Waals surface area (Å²) in [6.07, 6.45) is 0. The van der Waals surface area contributed by atoms with Crippen LogP contribution in [0.4, 0.5) is 0 Å². The second kappa shape index (κ2) is 11.9. The van der Waals surface area contributed by atoms with Crippen molar-refractivity contribution in [1.29, 1.82) is 0 Å². The maximum atomic E-state index is 4.81. The highest BCUT2D eigenvalue weighted by molar-refractivity contribution is 6.63. The van der Waals surface area contributed by atoms with Crippen LogP contribution >= 0.6 is 47.2 Å². The minimum atomic E-state index is -0.750. The number of alkyl halides is 3. The third-order valence-electron chi connectivity index (χ3n) is 0. The fourth-order valence-electron chi connectivity index (χ4n) is 0. The molecule has 0 unspecified atom stereocenters. The molecule has 0 aromatic carbocycles. The number of rotatable bonds is 0. The van der Waals surface area contributed by atoms with Crippen molar-refractivity contribution in [3.05, 3.63) is 0 Å². The third kappa shape index (κ3) is 369. The highest BCUT2D eigenvalue weighted by Crippen LogP contribution is 2.03. The molecule has 5 heteroatoms. The van der Waals surface area contributed by atoms with Gasteiger partial charge in [0.25, 0.3) is 0 Å². The van der Waals surface area contributed by atoms with E-state index in [0.717, 1.165) is 0 Å². The van der Waals surface area contributed by atoms with Gasteiger partial charge in [0.15, 0.2) is 4.30 Å². The summed E-state index contributed by atoms with van der Waals surface area (Å²) in [5.74, 6) is 0. The Morgan fingerprint density at radius 2 is 1.00 bits per heavy atom. The number of nitrogens with zero attached hydrogens (tertiary/aromatic N) is 1. The Labute approximate surface area is 77.7 Å². The summed E-state index contributed by atoms with van der Waals surface area (Å²) in [4.78, 5) is 2.00. The number of hydrogen-bond donors (Lipinski definition) is 0. The van der Waals surface area contributed by atoms with E-state index >= 15 is 0 Å². The molecule has 0 aliphatic rings. The SMILES string of the molecule is CN(C)C.Cl.ClC(Cl)Cl. The van der Waals surface area contributed by atoms with Gasteiger partial charge in [0.05, 0.1) is 0 Å². The maximum absolute atomic E-state index is 4.81. The van der Waals surface area contributed by atoms with Crippen LogP contribution < -0.4 is 0 Å². The first-order valence-electron chi connectivity index (χ1n) is 2.00. The predicted octanol–water partition coefficient (Wildman–Crippen LogP) is 2.59.